The van der Waals surface area contributed by atoms with Gasteiger partial charge >= 0.3 is 6.03 Å². The molecule has 0 aromatic carbocycles. The first-order valence-electron chi connectivity index (χ1n) is 9.02. The molecular formula is C17H29N5O2. The molecule has 7 nitrogen and oxygen atoms in total. The lowest BCUT2D eigenvalue weighted by Crippen LogP contribution is -2.46. The van der Waals surface area contributed by atoms with E-state index in [0.29, 0.717) is 5.92 Å². The number of amides is 2. The Kier molecular flexibility index (Phi) is 6.09. The van der Waals surface area contributed by atoms with Crippen molar-refractivity contribution in [2.45, 2.75) is 31.7 Å². The van der Waals surface area contributed by atoms with Gasteiger partial charge < -0.3 is 19.9 Å². The molecule has 2 aliphatic heterocycles. The number of urea groups is 1. The van der Waals surface area contributed by atoms with Crippen molar-refractivity contribution < 1.29 is 9.53 Å². The first-order chi connectivity index (χ1) is 11.8. The number of ether oxygens (including phenoxy) is 1. The van der Waals surface area contributed by atoms with Crippen molar-refractivity contribution in [3.63, 3.8) is 0 Å². The highest BCUT2D eigenvalue weighted by molar-refractivity contribution is 5.74. The van der Waals surface area contributed by atoms with Crippen molar-refractivity contribution in [2.24, 2.45) is 5.92 Å². The Morgan fingerprint density at radius 2 is 2.33 bits per heavy atom. The van der Waals surface area contributed by atoms with Crippen LogP contribution in [0, 0.1) is 5.92 Å². The lowest BCUT2D eigenvalue weighted by atomic mass is 9.98. The molecule has 2 aliphatic rings. The van der Waals surface area contributed by atoms with E-state index in [1.54, 1.807) is 7.11 Å². The van der Waals surface area contributed by atoms with Gasteiger partial charge in [-0.25, -0.2) is 4.79 Å². The number of H-pyrrole nitrogens is 1. The van der Waals surface area contributed by atoms with Crippen LogP contribution in [0.1, 0.15) is 37.3 Å². The Balaban J connectivity index is 1.47. The zero-order valence-corrected chi connectivity index (χ0v) is 14.5. The minimum Gasteiger partial charge on any atom is -0.383 e. The van der Waals surface area contributed by atoms with Gasteiger partial charge in [0.2, 0.25) is 0 Å². The van der Waals surface area contributed by atoms with Crippen LogP contribution in [0.25, 0.3) is 0 Å². The fourth-order valence-corrected chi connectivity index (χ4v) is 3.80. The van der Waals surface area contributed by atoms with Crippen LogP contribution in [0.4, 0.5) is 4.79 Å². The number of piperidine rings is 1. The molecule has 0 aliphatic carbocycles. The van der Waals surface area contributed by atoms with Gasteiger partial charge in [-0.3, -0.25) is 5.10 Å². The average molecular weight is 335 g/mol. The molecule has 2 atom stereocenters. The van der Waals surface area contributed by atoms with Gasteiger partial charge in [-0.2, -0.15) is 5.10 Å². The Labute approximate surface area is 143 Å². The quantitative estimate of drug-likeness (QED) is 0.828. The number of hydrogen-bond donors (Lipinski definition) is 2. The zero-order chi connectivity index (χ0) is 16.8. The van der Waals surface area contributed by atoms with Crippen LogP contribution in [0.2, 0.25) is 0 Å². The average Bonchev–Trinajstić information content (AvgIpc) is 3.29. The molecule has 3 heterocycles. The lowest BCUT2D eigenvalue weighted by Gasteiger charge is -2.35. The second-order valence-corrected chi connectivity index (χ2v) is 6.87. The topological polar surface area (TPSA) is 73.5 Å². The van der Waals surface area contributed by atoms with Crippen molar-refractivity contribution >= 4 is 6.03 Å². The third kappa shape index (κ3) is 4.27. The van der Waals surface area contributed by atoms with Gasteiger partial charge in [0.1, 0.15) is 0 Å². The summed E-state index contributed by atoms with van der Waals surface area (Å²) in [5, 5.41) is 10.1. The number of carbonyl (C=O) groups is 1. The number of aromatic nitrogens is 2. The molecule has 2 fully saturated rings. The summed E-state index contributed by atoms with van der Waals surface area (Å²) >= 11 is 0. The number of carbonyl (C=O) groups excluding carboxylic acids is 1. The monoisotopic (exact) mass is 335 g/mol. The highest BCUT2D eigenvalue weighted by Crippen LogP contribution is 2.30. The maximum absolute atomic E-state index is 12.7. The van der Waals surface area contributed by atoms with Crippen molar-refractivity contribution in [1.82, 2.24) is 25.3 Å². The van der Waals surface area contributed by atoms with Gasteiger partial charge in [-0.05, 0) is 38.1 Å². The standard InChI is InChI=1S/C17H29N5O2/c1-24-9-8-21-7-5-14(13-21)10-18-17(23)22-6-3-2-4-16(22)15-11-19-20-12-15/h11-12,14,16H,2-10,13H2,1H3,(H,18,23)(H,19,20)/t14-,16-/m1/s1. The molecule has 0 spiro atoms. The predicted molar refractivity (Wildman–Crippen MR) is 91.7 cm³/mol. The van der Waals surface area contributed by atoms with Crippen LogP contribution in [0.15, 0.2) is 12.4 Å². The molecule has 1 aromatic rings. The molecule has 0 saturated carbocycles. The highest BCUT2D eigenvalue weighted by atomic mass is 16.5. The second-order valence-electron chi connectivity index (χ2n) is 6.87. The van der Waals surface area contributed by atoms with E-state index < -0.39 is 0 Å². The molecule has 0 radical (unpaired) electrons. The number of nitrogens with zero attached hydrogens (tertiary/aromatic N) is 3. The van der Waals surface area contributed by atoms with Crippen molar-refractivity contribution in [1.29, 1.82) is 0 Å². The van der Waals surface area contributed by atoms with Gasteiger partial charge in [0.15, 0.2) is 0 Å². The number of likely N-dealkylation sites (tertiary alicyclic amines) is 2. The molecular weight excluding hydrogens is 306 g/mol. The second kappa shape index (κ2) is 8.48. The summed E-state index contributed by atoms with van der Waals surface area (Å²) in [5.74, 6) is 0.544. The molecule has 2 amide bonds. The normalized spacial score (nSPS) is 25.1. The van der Waals surface area contributed by atoms with E-state index in [0.717, 1.165) is 70.6 Å². The van der Waals surface area contributed by atoms with Crippen molar-refractivity contribution in [3.8, 4) is 0 Å². The number of hydrogen-bond acceptors (Lipinski definition) is 4. The van der Waals surface area contributed by atoms with E-state index in [1.165, 1.54) is 0 Å². The van der Waals surface area contributed by atoms with E-state index in [2.05, 4.69) is 20.4 Å². The van der Waals surface area contributed by atoms with E-state index >= 15 is 0 Å². The van der Waals surface area contributed by atoms with Gasteiger partial charge in [0, 0.05) is 45.0 Å². The number of methoxy groups -OCH3 is 1. The molecule has 0 bridgehead atoms. The first-order valence-corrected chi connectivity index (χ1v) is 9.02. The number of nitrogens with one attached hydrogen (secondary N) is 2. The van der Waals surface area contributed by atoms with Crippen LogP contribution >= 0.6 is 0 Å². The van der Waals surface area contributed by atoms with Crippen LogP contribution in [-0.4, -0.2) is 72.5 Å². The van der Waals surface area contributed by atoms with E-state index in [1.807, 2.05) is 17.3 Å². The summed E-state index contributed by atoms with van der Waals surface area (Å²) in [6.07, 6.45) is 8.14. The Hall–Kier alpha value is -1.60. The summed E-state index contributed by atoms with van der Waals surface area (Å²) in [4.78, 5) is 17.1. The molecule has 2 saturated heterocycles. The third-order valence-electron chi connectivity index (χ3n) is 5.19. The first kappa shape index (κ1) is 17.2. The molecule has 3 rings (SSSR count). The lowest BCUT2D eigenvalue weighted by molar-refractivity contribution is 0.149. The number of rotatable bonds is 6. The SMILES string of the molecule is COCCN1CC[C@H](CNC(=O)N2CCCC[C@@H]2c2cn[nH]c2)C1. The van der Waals surface area contributed by atoms with Gasteiger partial charge in [0.05, 0.1) is 18.8 Å². The zero-order valence-electron chi connectivity index (χ0n) is 14.5. The highest BCUT2D eigenvalue weighted by Gasteiger charge is 2.29. The van der Waals surface area contributed by atoms with Crippen molar-refractivity contribution in [3.05, 3.63) is 18.0 Å². The fraction of sp³-hybridized carbons (Fsp3) is 0.765. The Morgan fingerprint density at radius 1 is 1.42 bits per heavy atom. The molecule has 134 valence electrons. The van der Waals surface area contributed by atoms with Crippen LogP contribution in [0.5, 0.6) is 0 Å². The summed E-state index contributed by atoms with van der Waals surface area (Å²) in [6, 6.07) is 0.218. The minimum absolute atomic E-state index is 0.0660. The van der Waals surface area contributed by atoms with E-state index in [-0.39, 0.29) is 12.1 Å². The molecule has 2 N–H and O–H groups in total. The van der Waals surface area contributed by atoms with E-state index in [4.69, 9.17) is 4.74 Å². The number of aromatic amines is 1. The summed E-state index contributed by atoms with van der Waals surface area (Å²) in [5.41, 5.74) is 1.11. The smallest absolute Gasteiger partial charge is 0.317 e. The van der Waals surface area contributed by atoms with Gasteiger partial charge in [0.25, 0.3) is 0 Å². The summed E-state index contributed by atoms with van der Waals surface area (Å²) in [7, 11) is 1.74. The maximum atomic E-state index is 12.7. The van der Waals surface area contributed by atoms with Crippen LogP contribution in [-0.2, 0) is 4.74 Å². The van der Waals surface area contributed by atoms with E-state index in [9.17, 15) is 4.79 Å². The molecule has 1 aromatic heterocycles. The van der Waals surface area contributed by atoms with Crippen LogP contribution in [0.3, 0.4) is 0 Å². The Morgan fingerprint density at radius 3 is 3.12 bits per heavy atom. The molecule has 7 heteroatoms. The molecule has 24 heavy (non-hydrogen) atoms. The fourth-order valence-electron chi connectivity index (χ4n) is 3.80. The third-order valence-corrected chi connectivity index (χ3v) is 5.19. The molecule has 0 unspecified atom stereocenters. The van der Waals surface area contributed by atoms with Gasteiger partial charge in [-0.1, -0.05) is 0 Å². The van der Waals surface area contributed by atoms with Crippen LogP contribution < -0.4 is 5.32 Å². The van der Waals surface area contributed by atoms with Gasteiger partial charge in [-0.15, -0.1) is 0 Å². The summed E-state index contributed by atoms with van der Waals surface area (Å²) in [6.45, 7) is 5.50. The van der Waals surface area contributed by atoms with Crippen molar-refractivity contribution in [2.75, 3.05) is 46.4 Å². The predicted octanol–water partition coefficient (Wildman–Crippen LogP) is 1.61. The largest absolute Gasteiger partial charge is 0.383 e. The maximum Gasteiger partial charge on any atom is 0.317 e. The minimum atomic E-state index is 0.0660. The summed E-state index contributed by atoms with van der Waals surface area (Å²) < 4.78 is 5.14. The Bertz CT molecular complexity index is 507.